The Labute approximate surface area is 183 Å². The largest absolute Gasteiger partial charge is 0.0777 e. The molecular weight excluding hydrogens is 621 g/mol. The van der Waals surface area contributed by atoms with Crippen LogP contribution in [0.4, 0.5) is 0 Å². The Morgan fingerprint density at radius 3 is 1.87 bits per heavy atom. The molecule has 1 atom stereocenters. The lowest BCUT2D eigenvalue weighted by molar-refractivity contribution is 0.439. The summed E-state index contributed by atoms with van der Waals surface area (Å²) >= 11 is 7.83. The Hall–Kier alpha value is 1.41. The summed E-state index contributed by atoms with van der Waals surface area (Å²) in [5.41, 5.74) is 6.30. The fourth-order valence-corrected chi connectivity index (χ4v) is 5.19. The monoisotopic (exact) mass is 650 g/mol. The maximum Gasteiger partial charge on any atom is 0.0417 e. The van der Waals surface area contributed by atoms with Gasteiger partial charge < -0.3 is 0 Å². The van der Waals surface area contributed by atoms with Crippen molar-refractivity contribution in [1.29, 1.82) is 0 Å². The molecule has 0 radical (unpaired) electrons. The van der Waals surface area contributed by atoms with Crippen molar-refractivity contribution in [3.8, 4) is 0 Å². The molecule has 3 heteroatoms. The molecule has 0 aromatic heterocycles. The Morgan fingerprint density at radius 1 is 0.913 bits per heavy atom. The molecular formula is C20H29I3. The van der Waals surface area contributed by atoms with Gasteiger partial charge in [0.05, 0.1) is 0 Å². The summed E-state index contributed by atoms with van der Waals surface area (Å²) in [5, 5.41) is 0. The number of hydrogen-bond donors (Lipinski definition) is 0. The van der Waals surface area contributed by atoms with E-state index in [1.165, 1.54) is 37.7 Å². The van der Waals surface area contributed by atoms with Crippen molar-refractivity contribution < 1.29 is 0 Å². The average molecular weight is 650 g/mol. The highest BCUT2D eigenvalue weighted by Crippen LogP contribution is 2.47. The summed E-state index contributed by atoms with van der Waals surface area (Å²) in [5.74, 6) is 0.767. The number of rotatable bonds is 4. The second kappa shape index (κ2) is 7.97. The molecule has 0 aliphatic heterocycles. The van der Waals surface area contributed by atoms with Gasteiger partial charge in [-0.05, 0) is 75.6 Å². The van der Waals surface area contributed by atoms with Crippen molar-refractivity contribution in [1.82, 2.24) is 0 Å². The SMILES string of the molecule is CC(I)c1cc(C(C)(C)I)c(C2CCCCC2)cc1C(C)(C)I. The van der Waals surface area contributed by atoms with Gasteiger partial charge >= 0.3 is 0 Å². The molecule has 1 aromatic carbocycles. The van der Waals surface area contributed by atoms with E-state index in [2.05, 4.69) is 115 Å². The molecule has 1 aromatic rings. The van der Waals surface area contributed by atoms with Crippen molar-refractivity contribution in [2.75, 3.05) is 0 Å². The van der Waals surface area contributed by atoms with Crippen molar-refractivity contribution >= 4 is 67.8 Å². The minimum absolute atomic E-state index is 0.184. The minimum atomic E-state index is 0.184. The molecule has 0 heterocycles. The number of alkyl halides is 3. The summed E-state index contributed by atoms with van der Waals surface area (Å²) < 4.78 is 0.928. The van der Waals surface area contributed by atoms with E-state index in [1.807, 2.05) is 0 Å². The van der Waals surface area contributed by atoms with Gasteiger partial charge in [-0.25, -0.2) is 0 Å². The maximum atomic E-state index is 2.63. The Bertz CT molecular complexity index is 541. The number of halogens is 3. The smallest absolute Gasteiger partial charge is 0.0417 e. The first-order valence-electron chi connectivity index (χ1n) is 8.72. The van der Waals surface area contributed by atoms with Crippen molar-refractivity contribution in [2.45, 2.75) is 83.4 Å². The first-order chi connectivity index (χ1) is 10.5. The first kappa shape index (κ1) is 20.7. The third-order valence-corrected chi connectivity index (χ3v) is 6.81. The molecule has 0 spiro atoms. The van der Waals surface area contributed by atoms with Gasteiger partial charge in [-0.1, -0.05) is 99.2 Å². The second-order valence-corrected chi connectivity index (χ2v) is 15.2. The third-order valence-electron chi connectivity index (χ3n) is 4.98. The summed E-state index contributed by atoms with van der Waals surface area (Å²) in [6.45, 7) is 11.8. The van der Waals surface area contributed by atoms with Gasteiger partial charge in [0.15, 0.2) is 0 Å². The van der Waals surface area contributed by atoms with E-state index < -0.39 is 0 Å². The lowest BCUT2D eigenvalue weighted by Gasteiger charge is -2.33. The van der Waals surface area contributed by atoms with Crippen LogP contribution in [0.2, 0.25) is 0 Å². The van der Waals surface area contributed by atoms with Crippen LogP contribution < -0.4 is 0 Å². The zero-order valence-electron chi connectivity index (χ0n) is 15.0. The first-order valence-corrected chi connectivity index (χ1v) is 12.1. The van der Waals surface area contributed by atoms with E-state index in [9.17, 15) is 0 Å². The van der Waals surface area contributed by atoms with Gasteiger partial charge in [-0.15, -0.1) is 0 Å². The molecule has 1 aliphatic rings. The van der Waals surface area contributed by atoms with Crippen molar-refractivity contribution in [2.24, 2.45) is 0 Å². The third kappa shape index (κ3) is 5.20. The quantitative estimate of drug-likeness (QED) is 0.227. The summed E-state index contributed by atoms with van der Waals surface area (Å²) in [7, 11) is 0. The Morgan fingerprint density at radius 2 is 1.43 bits per heavy atom. The minimum Gasteiger partial charge on any atom is -0.0777 e. The predicted molar refractivity (Wildman–Crippen MR) is 129 cm³/mol. The lowest BCUT2D eigenvalue weighted by Crippen LogP contribution is -2.19. The van der Waals surface area contributed by atoms with Crippen molar-refractivity contribution in [3.05, 3.63) is 34.4 Å². The van der Waals surface area contributed by atoms with Gasteiger partial charge in [0.2, 0.25) is 0 Å². The van der Waals surface area contributed by atoms with Gasteiger partial charge in [-0.2, -0.15) is 0 Å². The highest BCUT2D eigenvalue weighted by Gasteiger charge is 2.30. The van der Waals surface area contributed by atoms with Crippen LogP contribution in [0.5, 0.6) is 0 Å². The van der Waals surface area contributed by atoms with Crippen LogP contribution in [0.25, 0.3) is 0 Å². The number of hydrogen-bond acceptors (Lipinski definition) is 0. The highest BCUT2D eigenvalue weighted by molar-refractivity contribution is 14.1. The summed E-state index contributed by atoms with van der Waals surface area (Å²) in [6, 6.07) is 5.13. The van der Waals surface area contributed by atoms with Gasteiger partial charge in [-0.3, -0.25) is 0 Å². The van der Waals surface area contributed by atoms with Crippen LogP contribution in [0, 0.1) is 0 Å². The molecule has 0 bridgehead atoms. The van der Waals surface area contributed by atoms with E-state index in [-0.39, 0.29) is 6.84 Å². The van der Waals surface area contributed by atoms with Crippen LogP contribution in [0.3, 0.4) is 0 Å². The average Bonchev–Trinajstić information content (AvgIpc) is 2.44. The fourth-order valence-electron chi connectivity index (χ4n) is 3.74. The van der Waals surface area contributed by atoms with E-state index >= 15 is 0 Å². The lowest BCUT2D eigenvalue weighted by atomic mass is 9.77. The molecule has 1 aliphatic carbocycles. The highest BCUT2D eigenvalue weighted by atomic mass is 127. The van der Waals surface area contributed by atoms with Gasteiger partial charge in [0.1, 0.15) is 0 Å². The number of benzene rings is 1. The van der Waals surface area contributed by atoms with Crippen LogP contribution in [-0.4, -0.2) is 0 Å². The maximum absolute atomic E-state index is 2.63. The molecule has 0 amide bonds. The Kier molecular flexibility index (Phi) is 7.18. The van der Waals surface area contributed by atoms with E-state index in [0.717, 1.165) is 5.92 Å². The molecule has 23 heavy (non-hydrogen) atoms. The van der Waals surface area contributed by atoms with Crippen LogP contribution in [-0.2, 0) is 6.84 Å². The van der Waals surface area contributed by atoms with E-state index in [1.54, 1.807) is 16.7 Å². The molecule has 1 saturated carbocycles. The normalized spacial score (nSPS) is 19.0. The van der Waals surface area contributed by atoms with Crippen LogP contribution >= 0.6 is 67.8 Å². The second-order valence-electron chi connectivity index (χ2n) is 7.92. The summed E-state index contributed by atoms with van der Waals surface area (Å²) in [6.07, 6.45) is 6.98. The van der Waals surface area contributed by atoms with E-state index in [0.29, 0.717) is 3.92 Å². The molecule has 1 fully saturated rings. The predicted octanol–water partition coefficient (Wildman–Crippen LogP) is 8.57. The molecule has 1 unspecified atom stereocenters. The van der Waals surface area contributed by atoms with Crippen molar-refractivity contribution in [3.63, 3.8) is 0 Å². The van der Waals surface area contributed by atoms with Crippen LogP contribution in [0.15, 0.2) is 12.1 Å². The van der Waals surface area contributed by atoms with Gasteiger partial charge in [0, 0.05) is 10.8 Å². The zero-order valence-corrected chi connectivity index (χ0v) is 21.5. The molecule has 0 nitrogen and oxygen atoms in total. The molecule has 130 valence electrons. The standard InChI is InChI=1S/C20H29I3/c1-13(21)15-11-18(20(4,5)23)16(12-17(15)19(2,3)22)14-9-7-6-8-10-14/h11-14H,6-10H2,1-5H3. The van der Waals surface area contributed by atoms with E-state index in [4.69, 9.17) is 0 Å². The molecule has 2 rings (SSSR count). The zero-order chi connectivity index (χ0) is 17.4. The molecule has 0 N–H and O–H groups in total. The fraction of sp³-hybridized carbons (Fsp3) is 0.700. The van der Waals surface area contributed by atoms with Gasteiger partial charge in [0.25, 0.3) is 0 Å². The summed E-state index contributed by atoms with van der Waals surface area (Å²) in [4.78, 5) is 0. The Balaban J connectivity index is 2.66. The molecule has 0 saturated heterocycles. The topological polar surface area (TPSA) is 0 Å². The van der Waals surface area contributed by atoms with Crippen LogP contribution in [0.1, 0.15) is 98.8 Å².